The second kappa shape index (κ2) is 7.13. The highest BCUT2D eigenvalue weighted by atomic mass is 19.1. The van der Waals surface area contributed by atoms with E-state index in [1.807, 2.05) is 6.07 Å². The molecule has 0 fully saturated rings. The van der Waals surface area contributed by atoms with Crippen LogP contribution >= 0.6 is 0 Å². The summed E-state index contributed by atoms with van der Waals surface area (Å²) in [5.74, 6) is -2.74. The molecule has 106 valence electrons. The van der Waals surface area contributed by atoms with Gasteiger partial charge in [-0.1, -0.05) is 24.3 Å². The highest BCUT2D eigenvalue weighted by Crippen LogP contribution is 2.21. The van der Waals surface area contributed by atoms with Crippen LogP contribution in [-0.2, 0) is 4.79 Å². The van der Waals surface area contributed by atoms with Gasteiger partial charge in [0.1, 0.15) is 5.75 Å². The van der Waals surface area contributed by atoms with Crippen LogP contribution in [0.3, 0.4) is 0 Å². The zero-order valence-corrected chi connectivity index (χ0v) is 10.8. The molecule has 0 radical (unpaired) electrons. The van der Waals surface area contributed by atoms with Crippen LogP contribution in [0, 0.1) is 5.82 Å². The molecule has 5 heteroatoms. The fourth-order valence-electron chi connectivity index (χ4n) is 1.36. The van der Waals surface area contributed by atoms with Crippen LogP contribution in [0.15, 0.2) is 48.5 Å². The summed E-state index contributed by atoms with van der Waals surface area (Å²) in [5.41, 5.74) is 0.336. The molecule has 0 aliphatic carbocycles. The van der Waals surface area contributed by atoms with Crippen molar-refractivity contribution >= 4 is 5.97 Å². The first kappa shape index (κ1) is 15.5. The van der Waals surface area contributed by atoms with Crippen LogP contribution in [0.2, 0.25) is 0 Å². The summed E-state index contributed by atoms with van der Waals surface area (Å²) in [5, 5.41) is 26.1. The van der Waals surface area contributed by atoms with Crippen molar-refractivity contribution in [3.8, 4) is 11.5 Å². The molecule has 1 unspecified atom stereocenters. The van der Waals surface area contributed by atoms with Gasteiger partial charge in [-0.3, -0.25) is 4.79 Å². The number of para-hydroxylation sites is 1. The van der Waals surface area contributed by atoms with Crippen LogP contribution in [0.5, 0.6) is 11.5 Å². The van der Waals surface area contributed by atoms with Crippen molar-refractivity contribution in [1.29, 1.82) is 0 Å². The maximum Gasteiger partial charge on any atom is 0.310 e. The third-order valence-corrected chi connectivity index (χ3v) is 2.60. The van der Waals surface area contributed by atoms with Gasteiger partial charge < -0.3 is 15.3 Å². The minimum atomic E-state index is -1.02. The van der Waals surface area contributed by atoms with Gasteiger partial charge in [0.25, 0.3) is 0 Å². The lowest BCUT2D eigenvalue weighted by Gasteiger charge is -2.06. The second-order valence-electron chi connectivity index (χ2n) is 4.11. The minimum absolute atomic E-state index is 0.322. The summed E-state index contributed by atoms with van der Waals surface area (Å²) < 4.78 is 12.8. The first-order valence-electron chi connectivity index (χ1n) is 5.87. The van der Waals surface area contributed by atoms with E-state index in [0.717, 1.165) is 12.1 Å². The van der Waals surface area contributed by atoms with Crippen molar-refractivity contribution in [1.82, 2.24) is 0 Å². The van der Waals surface area contributed by atoms with Gasteiger partial charge in [-0.15, -0.1) is 0 Å². The standard InChI is InChI=1S/C9H9FO3.C6H6O/c1-5(9(12)13)6-2-3-8(11)7(10)4-6;7-6-4-2-1-3-5-6/h2-5,11H,1H3,(H,12,13);1-5,7H. The largest absolute Gasteiger partial charge is 0.508 e. The van der Waals surface area contributed by atoms with Crippen molar-refractivity contribution in [2.24, 2.45) is 0 Å². The van der Waals surface area contributed by atoms with Crippen LogP contribution in [0.25, 0.3) is 0 Å². The van der Waals surface area contributed by atoms with Crippen molar-refractivity contribution in [3.05, 3.63) is 59.9 Å². The first-order chi connectivity index (χ1) is 9.41. The summed E-state index contributed by atoms with van der Waals surface area (Å²) in [4.78, 5) is 10.5. The molecular weight excluding hydrogens is 263 g/mol. The highest BCUT2D eigenvalue weighted by Gasteiger charge is 2.14. The van der Waals surface area contributed by atoms with Gasteiger partial charge in [-0.05, 0) is 36.8 Å². The molecule has 2 aromatic carbocycles. The number of hydrogen-bond acceptors (Lipinski definition) is 3. The van der Waals surface area contributed by atoms with Crippen molar-refractivity contribution in [2.75, 3.05) is 0 Å². The highest BCUT2D eigenvalue weighted by molar-refractivity contribution is 5.75. The Morgan fingerprint density at radius 3 is 2.10 bits per heavy atom. The van der Waals surface area contributed by atoms with E-state index in [0.29, 0.717) is 11.3 Å². The van der Waals surface area contributed by atoms with Crippen LogP contribution < -0.4 is 0 Å². The topological polar surface area (TPSA) is 77.8 Å². The molecule has 0 aliphatic rings. The number of carboxylic acids is 1. The fraction of sp³-hybridized carbons (Fsp3) is 0.133. The van der Waals surface area contributed by atoms with Gasteiger partial charge in [0.05, 0.1) is 5.92 Å². The van der Waals surface area contributed by atoms with Gasteiger partial charge in [0.2, 0.25) is 0 Å². The van der Waals surface area contributed by atoms with Gasteiger partial charge in [-0.25, -0.2) is 4.39 Å². The van der Waals surface area contributed by atoms with Crippen molar-refractivity contribution in [3.63, 3.8) is 0 Å². The molecule has 20 heavy (non-hydrogen) atoms. The number of carbonyl (C=O) groups is 1. The van der Waals surface area contributed by atoms with E-state index in [4.69, 9.17) is 15.3 Å². The lowest BCUT2D eigenvalue weighted by molar-refractivity contribution is -0.138. The third-order valence-electron chi connectivity index (χ3n) is 2.60. The lowest BCUT2D eigenvalue weighted by atomic mass is 10.0. The molecule has 0 saturated carbocycles. The van der Waals surface area contributed by atoms with E-state index in [-0.39, 0.29) is 0 Å². The monoisotopic (exact) mass is 278 g/mol. The normalized spacial score (nSPS) is 11.1. The summed E-state index contributed by atoms with van der Waals surface area (Å²) in [7, 11) is 0. The van der Waals surface area contributed by atoms with E-state index in [2.05, 4.69) is 0 Å². The van der Waals surface area contributed by atoms with Crippen LogP contribution in [0.4, 0.5) is 4.39 Å². The van der Waals surface area contributed by atoms with Gasteiger partial charge in [0, 0.05) is 0 Å². The van der Waals surface area contributed by atoms with Crippen LogP contribution in [-0.4, -0.2) is 21.3 Å². The fourth-order valence-corrected chi connectivity index (χ4v) is 1.36. The number of phenols is 2. The van der Waals surface area contributed by atoms with Crippen LogP contribution in [0.1, 0.15) is 18.4 Å². The number of halogens is 1. The predicted octanol–water partition coefficient (Wildman–Crippen LogP) is 3.11. The molecule has 0 aromatic heterocycles. The number of aromatic hydroxyl groups is 2. The Morgan fingerprint density at radius 1 is 1.10 bits per heavy atom. The third kappa shape index (κ3) is 4.61. The predicted molar refractivity (Wildman–Crippen MR) is 72.2 cm³/mol. The van der Waals surface area contributed by atoms with E-state index in [1.165, 1.54) is 13.0 Å². The quantitative estimate of drug-likeness (QED) is 0.788. The molecule has 1 atom stereocenters. The molecule has 4 nitrogen and oxygen atoms in total. The molecule has 0 amide bonds. The zero-order chi connectivity index (χ0) is 15.1. The maximum absolute atomic E-state index is 12.8. The summed E-state index contributed by atoms with van der Waals surface area (Å²) in [6.07, 6.45) is 0. The Morgan fingerprint density at radius 2 is 1.70 bits per heavy atom. The Hall–Kier alpha value is -2.56. The molecule has 2 rings (SSSR count). The number of carboxylic acid groups (broad SMARTS) is 1. The average Bonchev–Trinajstić information content (AvgIpc) is 2.42. The molecule has 0 aliphatic heterocycles. The Bertz CT molecular complexity index is 569. The Balaban J connectivity index is 0.000000240. The number of aliphatic carboxylic acids is 1. The second-order valence-corrected chi connectivity index (χ2v) is 4.11. The zero-order valence-electron chi connectivity index (χ0n) is 10.8. The molecule has 0 heterocycles. The molecule has 0 spiro atoms. The maximum atomic E-state index is 12.8. The summed E-state index contributed by atoms with van der Waals surface area (Å²) in [6.45, 7) is 1.45. The smallest absolute Gasteiger partial charge is 0.310 e. The molecule has 2 aromatic rings. The number of hydrogen-bond donors (Lipinski definition) is 3. The van der Waals surface area contributed by atoms with Crippen molar-refractivity contribution in [2.45, 2.75) is 12.8 Å². The number of benzene rings is 2. The van der Waals surface area contributed by atoms with E-state index < -0.39 is 23.5 Å². The molecule has 3 N–H and O–H groups in total. The minimum Gasteiger partial charge on any atom is -0.508 e. The first-order valence-corrected chi connectivity index (χ1v) is 5.87. The Kier molecular flexibility index (Phi) is 5.53. The summed E-state index contributed by atoms with van der Waals surface area (Å²) in [6, 6.07) is 12.3. The number of phenolic OH excluding ortho intramolecular Hbond substituents is 2. The summed E-state index contributed by atoms with van der Waals surface area (Å²) >= 11 is 0. The lowest BCUT2D eigenvalue weighted by Crippen LogP contribution is -2.07. The van der Waals surface area contributed by atoms with Gasteiger partial charge >= 0.3 is 5.97 Å². The SMILES string of the molecule is CC(C(=O)O)c1ccc(O)c(F)c1.Oc1ccccc1. The molecular formula is C15H15FO4. The van der Waals surface area contributed by atoms with Gasteiger partial charge in [-0.2, -0.15) is 0 Å². The molecule has 0 bridgehead atoms. The Labute approximate surface area is 115 Å². The van der Waals surface area contributed by atoms with Gasteiger partial charge in [0.15, 0.2) is 11.6 Å². The average molecular weight is 278 g/mol. The van der Waals surface area contributed by atoms with Crippen molar-refractivity contribution < 1.29 is 24.5 Å². The molecule has 0 saturated heterocycles. The van der Waals surface area contributed by atoms with E-state index in [9.17, 15) is 9.18 Å². The van der Waals surface area contributed by atoms with E-state index >= 15 is 0 Å². The van der Waals surface area contributed by atoms with E-state index in [1.54, 1.807) is 24.3 Å². The number of rotatable bonds is 2.